The van der Waals surface area contributed by atoms with Gasteiger partial charge in [-0.2, -0.15) is 0 Å². The van der Waals surface area contributed by atoms with Gasteiger partial charge in [0, 0.05) is 25.7 Å². The van der Waals surface area contributed by atoms with Crippen molar-refractivity contribution < 1.29 is 80.2 Å². The zero-order valence-corrected chi connectivity index (χ0v) is 70.3. The summed E-state index contributed by atoms with van der Waals surface area (Å²) < 4.78 is 68.8. The van der Waals surface area contributed by atoms with Crippen LogP contribution in [0.4, 0.5) is 0 Å². The number of aliphatic hydroxyl groups is 1. The highest BCUT2D eigenvalue weighted by atomic mass is 31.2. The molecule has 0 saturated carbocycles. The van der Waals surface area contributed by atoms with Gasteiger partial charge >= 0.3 is 39.5 Å². The van der Waals surface area contributed by atoms with Gasteiger partial charge in [-0.15, -0.1) is 0 Å². The van der Waals surface area contributed by atoms with Crippen molar-refractivity contribution in [3.63, 3.8) is 0 Å². The zero-order chi connectivity index (χ0) is 76.5. The van der Waals surface area contributed by atoms with Crippen LogP contribution in [0.2, 0.25) is 0 Å². The molecule has 104 heavy (non-hydrogen) atoms. The summed E-state index contributed by atoms with van der Waals surface area (Å²) in [7, 11) is -9.92. The van der Waals surface area contributed by atoms with Crippen molar-refractivity contribution in [2.24, 2.45) is 17.8 Å². The van der Waals surface area contributed by atoms with Crippen LogP contribution in [0.25, 0.3) is 0 Å². The van der Waals surface area contributed by atoms with Crippen molar-refractivity contribution in [3.8, 4) is 0 Å². The smallest absolute Gasteiger partial charge is 0.462 e. The lowest BCUT2D eigenvalue weighted by molar-refractivity contribution is -0.161. The minimum atomic E-state index is -4.97. The maximum Gasteiger partial charge on any atom is 0.472 e. The molecule has 0 spiro atoms. The van der Waals surface area contributed by atoms with Crippen LogP contribution in [0.1, 0.15) is 447 Å². The summed E-state index contributed by atoms with van der Waals surface area (Å²) >= 11 is 0. The average molecular weight is 1520 g/mol. The summed E-state index contributed by atoms with van der Waals surface area (Å²) in [5, 5.41) is 10.7. The van der Waals surface area contributed by atoms with Gasteiger partial charge in [0.05, 0.1) is 26.4 Å². The minimum Gasteiger partial charge on any atom is -0.462 e. The van der Waals surface area contributed by atoms with Crippen molar-refractivity contribution in [1.82, 2.24) is 0 Å². The molecular weight excluding hydrogens is 1350 g/mol. The Labute approximate surface area is 638 Å². The zero-order valence-electron chi connectivity index (χ0n) is 68.5. The average Bonchev–Trinajstić information content (AvgIpc) is 0.904. The monoisotopic (exact) mass is 1520 g/mol. The molecule has 0 aliphatic heterocycles. The molecule has 0 saturated heterocycles. The van der Waals surface area contributed by atoms with E-state index in [1.165, 1.54) is 250 Å². The standard InChI is InChI=1S/C85H166O17P2/c1-8-9-10-11-12-13-14-15-22-30-35-40-45-54-61-69-85(90)102-81(73-96-83(88)67-60-53-48-47-51-58-65-78(6)7)75-100-104(93,94)98-71-79(86)70-97-103(91,92)99-74-80(72-95-82(87)66-59-52-44-39-34-29-25-21-20-24-28-33-38-43-50-57-64-77(4)5)101-84(89)68-62-55-46-41-36-31-26-19-17-16-18-23-27-32-37-42-49-56-63-76(2)3/h76-81,86H,8-75H2,1-7H3,(H,91,92)(H,93,94)/t79-,80-,81-/m1/s1. The predicted molar refractivity (Wildman–Crippen MR) is 428 cm³/mol. The van der Waals surface area contributed by atoms with Gasteiger partial charge < -0.3 is 33.8 Å². The Morgan fingerprint density at radius 1 is 0.260 bits per heavy atom. The van der Waals surface area contributed by atoms with Gasteiger partial charge in [0.15, 0.2) is 12.2 Å². The second-order valence-electron chi connectivity index (χ2n) is 32.0. The fraction of sp³-hybridized carbons (Fsp3) is 0.953. The van der Waals surface area contributed by atoms with Gasteiger partial charge in [-0.3, -0.25) is 37.3 Å². The van der Waals surface area contributed by atoms with Crippen molar-refractivity contribution in [3.05, 3.63) is 0 Å². The molecule has 0 amide bonds. The fourth-order valence-corrected chi connectivity index (χ4v) is 14.8. The Morgan fingerprint density at radius 3 is 0.654 bits per heavy atom. The summed E-state index contributed by atoms with van der Waals surface area (Å²) in [5.74, 6) is 0.205. The number of hydrogen-bond acceptors (Lipinski definition) is 15. The number of unbranched alkanes of at least 4 members (excludes halogenated alkanes) is 51. The van der Waals surface area contributed by atoms with E-state index in [-0.39, 0.29) is 25.7 Å². The number of phosphoric acid groups is 2. The molecule has 0 fully saturated rings. The third kappa shape index (κ3) is 78.2. The molecule has 17 nitrogen and oxygen atoms in total. The van der Waals surface area contributed by atoms with E-state index in [0.29, 0.717) is 31.6 Å². The van der Waals surface area contributed by atoms with Gasteiger partial charge in [-0.05, 0) is 43.4 Å². The third-order valence-electron chi connectivity index (χ3n) is 19.9. The molecule has 19 heteroatoms. The summed E-state index contributed by atoms with van der Waals surface area (Å²) in [4.78, 5) is 73.1. The van der Waals surface area contributed by atoms with Crippen molar-refractivity contribution in [1.29, 1.82) is 0 Å². The first-order chi connectivity index (χ1) is 50.2. The lowest BCUT2D eigenvalue weighted by Gasteiger charge is -2.21. The van der Waals surface area contributed by atoms with Gasteiger partial charge in [-0.1, -0.05) is 395 Å². The lowest BCUT2D eigenvalue weighted by Crippen LogP contribution is -2.30. The van der Waals surface area contributed by atoms with Gasteiger partial charge in [0.1, 0.15) is 19.3 Å². The Hall–Kier alpha value is -1.94. The van der Waals surface area contributed by atoms with Gasteiger partial charge in [0.2, 0.25) is 0 Å². The molecule has 0 aromatic rings. The van der Waals surface area contributed by atoms with Crippen LogP contribution in [0.5, 0.6) is 0 Å². The van der Waals surface area contributed by atoms with Gasteiger partial charge in [0.25, 0.3) is 0 Å². The predicted octanol–water partition coefficient (Wildman–Crippen LogP) is 25.7. The number of rotatable bonds is 83. The van der Waals surface area contributed by atoms with Crippen LogP contribution in [0.3, 0.4) is 0 Å². The highest BCUT2D eigenvalue weighted by Gasteiger charge is 2.30. The van der Waals surface area contributed by atoms with Crippen molar-refractivity contribution in [2.45, 2.75) is 465 Å². The normalized spacial score (nSPS) is 13.9. The quantitative estimate of drug-likeness (QED) is 0.0222. The van der Waals surface area contributed by atoms with E-state index < -0.39 is 97.5 Å². The molecule has 0 heterocycles. The van der Waals surface area contributed by atoms with E-state index >= 15 is 0 Å². The molecule has 2 unspecified atom stereocenters. The molecule has 5 atom stereocenters. The van der Waals surface area contributed by atoms with E-state index in [0.717, 1.165) is 108 Å². The van der Waals surface area contributed by atoms with Crippen LogP contribution < -0.4 is 0 Å². The maximum absolute atomic E-state index is 13.1. The second-order valence-corrected chi connectivity index (χ2v) is 34.9. The van der Waals surface area contributed by atoms with E-state index in [4.69, 9.17) is 37.0 Å². The van der Waals surface area contributed by atoms with E-state index in [1.807, 2.05) is 0 Å². The molecule has 0 radical (unpaired) electrons. The summed E-state index contributed by atoms with van der Waals surface area (Å²) in [6.45, 7) is 12.0. The summed E-state index contributed by atoms with van der Waals surface area (Å²) in [5.41, 5.74) is 0. The van der Waals surface area contributed by atoms with E-state index in [2.05, 4.69) is 48.5 Å². The highest BCUT2D eigenvalue weighted by molar-refractivity contribution is 7.47. The number of phosphoric ester groups is 2. The second kappa shape index (κ2) is 75.1. The number of aliphatic hydroxyl groups excluding tert-OH is 1. The van der Waals surface area contributed by atoms with Crippen molar-refractivity contribution >= 4 is 39.5 Å². The number of carbonyl (C=O) groups is 4. The van der Waals surface area contributed by atoms with Crippen LogP contribution in [-0.2, 0) is 65.4 Å². The molecule has 618 valence electrons. The molecule has 0 aromatic heterocycles. The Bertz CT molecular complexity index is 2010. The first-order valence-corrected chi connectivity index (χ1v) is 46.8. The Balaban J connectivity index is 5.21. The van der Waals surface area contributed by atoms with Crippen LogP contribution in [0, 0.1) is 17.8 Å². The topological polar surface area (TPSA) is 237 Å². The molecule has 0 rings (SSSR count). The minimum absolute atomic E-state index is 0.107. The fourth-order valence-electron chi connectivity index (χ4n) is 13.2. The van der Waals surface area contributed by atoms with Crippen LogP contribution >= 0.6 is 15.6 Å². The molecule has 0 aromatic carbocycles. The molecule has 0 aliphatic carbocycles. The third-order valence-corrected chi connectivity index (χ3v) is 21.8. The Morgan fingerprint density at radius 2 is 0.442 bits per heavy atom. The Kier molecular flexibility index (Phi) is 73.7. The van der Waals surface area contributed by atoms with Gasteiger partial charge in [-0.25, -0.2) is 9.13 Å². The van der Waals surface area contributed by atoms with Crippen LogP contribution in [-0.4, -0.2) is 96.7 Å². The number of carbonyl (C=O) groups excluding carboxylic acids is 4. The number of ether oxygens (including phenoxy) is 4. The lowest BCUT2D eigenvalue weighted by atomic mass is 10.0. The first kappa shape index (κ1) is 102. The molecular formula is C85H166O17P2. The molecule has 0 bridgehead atoms. The highest BCUT2D eigenvalue weighted by Crippen LogP contribution is 2.45. The molecule has 0 aliphatic rings. The summed E-state index contributed by atoms with van der Waals surface area (Å²) in [6.07, 6.45) is 65.5. The number of esters is 4. The van der Waals surface area contributed by atoms with E-state index in [9.17, 15) is 43.2 Å². The largest absolute Gasteiger partial charge is 0.472 e. The SMILES string of the molecule is CCCCCCCCCCCCCCCCCC(=O)O[C@H](COC(=O)CCCCCCCCC(C)C)COP(=O)(O)OC[C@H](O)COP(=O)(O)OC[C@@H](COC(=O)CCCCCCCCCCCCCCCCCCC(C)C)OC(=O)CCCCCCCCCCCCCCCCCCCCC(C)C. The van der Waals surface area contributed by atoms with E-state index in [1.54, 1.807) is 0 Å². The number of hydrogen-bond donors (Lipinski definition) is 3. The first-order valence-electron chi connectivity index (χ1n) is 43.8. The van der Waals surface area contributed by atoms with Crippen molar-refractivity contribution in [2.75, 3.05) is 39.6 Å². The van der Waals surface area contributed by atoms with Crippen LogP contribution in [0.15, 0.2) is 0 Å². The summed E-state index contributed by atoms with van der Waals surface area (Å²) in [6, 6.07) is 0. The molecule has 3 N–H and O–H groups in total. The maximum atomic E-state index is 13.1.